The monoisotopic (exact) mass is 540 g/mol. The first-order valence-corrected chi connectivity index (χ1v) is 13.4. The summed E-state index contributed by atoms with van der Waals surface area (Å²) in [6, 6.07) is 0. The van der Waals surface area contributed by atoms with Crippen LogP contribution in [0.15, 0.2) is 12.4 Å². The summed E-state index contributed by atoms with van der Waals surface area (Å²) in [7, 11) is 0. The van der Waals surface area contributed by atoms with Crippen LogP contribution in [0.5, 0.6) is 0 Å². The third-order valence-electron chi connectivity index (χ3n) is 6.74. The molecule has 0 radical (unpaired) electrons. The fourth-order valence-corrected chi connectivity index (χ4v) is 3.68. The molecule has 0 aliphatic heterocycles. The van der Waals surface area contributed by atoms with Crippen LogP contribution in [0.1, 0.15) is 67.2 Å². The predicted octanol–water partition coefficient (Wildman–Crippen LogP) is 1.85. The number of Topliss-reactive ketones (excluding diaryl/α,β-unsaturated/α-hetero) is 2. The number of nitro groups is 1. The average Bonchev–Trinajstić information content (AvgIpc) is 3.29. The molecule has 0 bridgehead atoms. The second-order valence-corrected chi connectivity index (χ2v) is 11.0. The topological polar surface area (TPSA) is 161 Å². The third kappa shape index (κ3) is 13.0. The Morgan fingerprint density at radius 2 is 1.79 bits per heavy atom. The fraction of sp³-hybridized carbons (Fsp3) is 0.808. The van der Waals surface area contributed by atoms with E-state index in [0.717, 1.165) is 25.8 Å². The Morgan fingerprint density at radius 1 is 1.13 bits per heavy atom. The van der Waals surface area contributed by atoms with Gasteiger partial charge in [-0.15, -0.1) is 0 Å². The van der Waals surface area contributed by atoms with E-state index in [1.54, 1.807) is 6.92 Å². The van der Waals surface area contributed by atoms with E-state index in [2.05, 4.69) is 27.9 Å². The van der Waals surface area contributed by atoms with Crippen molar-refractivity contribution in [2.24, 2.45) is 5.92 Å². The number of nitrogens with zero attached hydrogens (tertiary/aromatic N) is 3. The van der Waals surface area contributed by atoms with Crippen LogP contribution in [0.4, 0.5) is 5.95 Å². The van der Waals surface area contributed by atoms with Crippen LogP contribution >= 0.6 is 0 Å². The molecule has 12 heteroatoms. The molecule has 0 spiro atoms. The number of rotatable bonds is 22. The first-order valence-electron chi connectivity index (χ1n) is 13.4. The first kappa shape index (κ1) is 33.8. The Morgan fingerprint density at radius 3 is 2.42 bits per heavy atom. The number of aliphatic hydroxyl groups excluding tert-OH is 1. The van der Waals surface area contributed by atoms with E-state index >= 15 is 0 Å². The molecule has 0 amide bonds. The molecule has 0 aliphatic rings. The summed E-state index contributed by atoms with van der Waals surface area (Å²) in [5, 5.41) is 30.8. The van der Waals surface area contributed by atoms with Gasteiger partial charge in [0.25, 0.3) is 0 Å². The van der Waals surface area contributed by atoms with E-state index in [0.29, 0.717) is 38.6 Å². The average molecular weight is 541 g/mol. The Balaban J connectivity index is 2.11. The van der Waals surface area contributed by atoms with Crippen LogP contribution in [-0.2, 0) is 20.9 Å². The van der Waals surface area contributed by atoms with E-state index in [4.69, 9.17) is 4.74 Å². The summed E-state index contributed by atoms with van der Waals surface area (Å²) in [5.74, 6) is 0.393. The maximum atomic E-state index is 12.7. The zero-order chi connectivity index (χ0) is 28.8. The number of ketones is 2. The summed E-state index contributed by atoms with van der Waals surface area (Å²) in [4.78, 5) is 38.2. The molecule has 1 heterocycles. The Labute approximate surface area is 226 Å². The van der Waals surface area contributed by atoms with Crippen molar-refractivity contribution in [3.8, 4) is 0 Å². The standard InChI is InChI=1S/C26H48N6O6/c1-20(8-9-23(35)26(5,6)30-12-7-11-29-25(3,4)21(2)33)10-13-27-15-17-38-19-22(34)18-31-16-14-28-24(31)32(36)37/h14,16,20,22,27,29-30,34H,7-13,15,17-19H2,1-6H3. The molecule has 0 aromatic carbocycles. The summed E-state index contributed by atoms with van der Waals surface area (Å²) < 4.78 is 6.74. The van der Waals surface area contributed by atoms with Crippen LogP contribution in [0.3, 0.4) is 0 Å². The second kappa shape index (κ2) is 16.7. The molecule has 0 aliphatic carbocycles. The van der Waals surface area contributed by atoms with Gasteiger partial charge in [0.2, 0.25) is 0 Å². The van der Waals surface area contributed by atoms with Gasteiger partial charge in [0.1, 0.15) is 24.3 Å². The van der Waals surface area contributed by atoms with Gasteiger partial charge >= 0.3 is 5.95 Å². The van der Waals surface area contributed by atoms with Gasteiger partial charge in [-0.1, -0.05) is 11.9 Å². The van der Waals surface area contributed by atoms with Crippen LogP contribution in [0.2, 0.25) is 0 Å². The van der Waals surface area contributed by atoms with E-state index < -0.39 is 22.1 Å². The van der Waals surface area contributed by atoms with Crippen molar-refractivity contribution in [3.05, 3.63) is 22.5 Å². The zero-order valence-corrected chi connectivity index (χ0v) is 23.9. The van der Waals surface area contributed by atoms with Crippen molar-refractivity contribution in [2.45, 2.75) is 91.0 Å². The minimum atomic E-state index is -0.866. The molecule has 1 aromatic heterocycles. The van der Waals surface area contributed by atoms with E-state index in [9.17, 15) is 24.8 Å². The van der Waals surface area contributed by atoms with Gasteiger partial charge < -0.3 is 35.9 Å². The summed E-state index contributed by atoms with van der Waals surface area (Å²) in [6.45, 7) is 14.7. The van der Waals surface area contributed by atoms with Crippen molar-refractivity contribution in [1.82, 2.24) is 25.5 Å². The van der Waals surface area contributed by atoms with Crippen LogP contribution in [-0.4, -0.2) is 87.7 Å². The Bertz CT molecular complexity index is 872. The van der Waals surface area contributed by atoms with Crippen molar-refractivity contribution in [3.63, 3.8) is 0 Å². The number of ether oxygens (including phenoxy) is 1. The molecular weight excluding hydrogens is 492 g/mol. The van der Waals surface area contributed by atoms with Crippen molar-refractivity contribution in [2.75, 3.05) is 39.4 Å². The maximum Gasteiger partial charge on any atom is 0.434 e. The molecule has 2 unspecified atom stereocenters. The molecule has 1 aromatic rings. The van der Waals surface area contributed by atoms with E-state index in [1.165, 1.54) is 17.0 Å². The quantitative estimate of drug-likeness (QED) is 0.0970. The van der Waals surface area contributed by atoms with Crippen LogP contribution < -0.4 is 16.0 Å². The lowest BCUT2D eigenvalue weighted by Crippen LogP contribution is -2.49. The number of hydrogen-bond donors (Lipinski definition) is 4. The van der Waals surface area contributed by atoms with Crippen molar-refractivity contribution < 1.29 is 24.4 Å². The highest BCUT2D eigenvalue weighted by Gasteiger charge is 2.27. The Hall–Kier alpha value is -2.25. The highest BCUT2D eigenvalue weighted by atomic mass is 16.6. The highest BCUT2D eigenvalue weighted by Crippen LogP contribution is 2.15. The van der Waals surface area contributed by atoms with Gasteiger partial charge in [-0.05, 0) is 84.4 Å². The number of nitrogens with one attached hydrogen (secondary N) is 3. The summed E-state index contributed by atoms with van der Waals surface area (Å²) in [5.41, 5.74) is -1.11. The minimum absolute atomic E-state index is 0.0446. The molecule has 38 heavy (non-hydrogen) atoms. The van der Waals surface area contributed by atoms with Crippen molar-refractivity contribution >= 4 is 17.5 Å². The van der Waals surface area contributed by atoms with E-state index in [1.807, 2.05) is 27.7 Å². The molecule has 4 N–H and O–H groups in total. The Kier molecular flexibility index (Phi) is 14.8. The summed E-state index contributed by atoms with van der Waals surface area (Å²) in [6.07, 6.45) is 5.01. The van der Waals surface area contributed by atoms with Crippen molar-refractivity contribution in [1.29, 1.82) is 0 Å². The SMILES string of the molecule is CC(=O)C(C)(C)NCCCNC(C)(C)C(=O)CCC(C)CCNCCOCC(O)Cn1ccnc1[N+](=O)[O-]. The molecule has 2 atom stereocenters. The molecule has 0 saturated carbocycles. The third-order valence-corrected chi connectivity index (χ3v) is 6.74. The number of aromatic nitrogens is 2. The minimum Gasteiger partial charge on any atom is -0.390 e. The number of carbonyl (C=O) groups excluding carboxylic acids is 2. The number of hydrogen-bond acceptors (Lipinski definition) is 10. The van der Waals surface area contributed by atoms with E-state index in [-0.39, 0.29) is 30.7 Å². The van der Waals surface area contributed by atoms with Crippen LogP contribution in [0.25, 0.3) is 0 Å². The van der Waals surface area contributed by atoms with Gasteiger partial charge in [0.15, 0.2) is 5.78 Å². The smallest absolute Gasteiger partial charge is 0.390 e. The lowest BCUT2D eigenvalue weighted by Gasteiger charge is -2.27. The first-order chi connectivity index (χ1) is 17.8. The lowest BCUT2D eigenvalue weighted by atomic mass is 9.91. The highest BCUT2D eigenvalue weighted by molar-refractivity contribution is 5.87. The fourth-order valence-electron chi connectivity index (χ4n) is 3.68. The second-order valence-electron chi connectivity index (χ2n) is 11.0. The number of carbonyl (C=O) groups is 2. The van der Waals surface area contributed by atoms with Gasteiger partial charge in [0, 0.05) is 13.0 Å². The van der Waals surface area contributed by atoms with Gasteiger partial charge in [-0.25, -0.2) is 4.57 Å². The van der Waals surface area contributed by atoms with Gasteiger partial charge in [-0.3, -0.25) is 9.59 Å². The number of imidazole rings is 1. The van der Waals surface area contributed by atoms with Gasteiger partial charge in [-0.2, -0.15) is 0 Å². The summed E-state index contributed by atoms with van der Waals surface area (Å²) >= 11 is 0. The molecular formula is C26H48N6O6. The molecule has 12 nitrogen and oxygen atoms in total. The normalized spacial score (nSPS) is 13.9. The van der Waals surface area contributed by atoms with Gasteiger partial charge in [0.05, 0.1) is 30.8 Å². The van der Waals surface area contributed by atoms with Crippen LogP contribution in [0, 0.1) is 16.0 Å². The maximum absolute atomic E-state index is 12.7. The molecule has 218 valence electrons. The zero-order valence-electron chi connectivity index (χ0n) is 23.9. The number of aliphatic hydroxyl groups is 1. The largest absolute Gasteiger partial charge is 0.434 e. The lowest BCUT2D eigenvalue weighted by molar-refractivity contribution is -0.397. The molecule has 0 saturated heterocycles. The molecule has 0 fully saturated rings. The molecule has 1 rings (SSSR count). The predicted molar refractivity (Wildman–Crippen MR) is 146 cm³/mol.